The van der Waals surface area contributed by atoms with E-state index in [1.807, 2.05) is 27.7 Å². The van der Waals surface area contributed by atoms with Crippen LogP contribution in [0.15, 0.2) is 46.2 Å². The molecule has 6 nitrogen and oxygen atoms in total. The van der Waals surface area contributed by atoms with Gasteiger partial charge in [0.15, 0.2) is 23.1 Å². The monoisotopic (exact) mass is 516 g/mol. The van der Waals surface area contributed by atoms with Crippen molar-refractivity contribution >= 4 is 43.6 Å². The van der Waals surface area contributed by atoms with Crippen LogP contribution >= 0.6 is 31.4 Å². The Morgan fingerprint density at radius 1 is 0.727 bits per heavy atom. The maximum Gasteiger partial charge on any atom is 0.415 e. The molecule has 0 saturated heterocycles. The Labute approximate surface area is 204 Å². The van der Waals surface area contributed by atoms with E-state index in [9.17, 15) is 18.4 Å². The van der Waals surface area contributed by atoms with E-state index in [4.69, 9.17) is 9.47 Å². The summed E-state index contributed by atoms with van der Waals surface area (Å²) in [4.78, 5) is 28.5. The van der Waals surface area contributed by atoms with E-state index < -0.39 is 23.8 Å². The standard InChI is InChI=1S/C22H26F2N2O4S3/c1-5-25(6-2)21(27)29-19-13-15(9-11-17(19)23)31-33-32-16-10-12-18(24)20(14-16)30-22(28)26(7-3)8-4/h9-14H,5-8H2,1-4H3. The Bertz CT molecular complexity index is 882. The minimum absolute atomic E-state index is 0.144. The number of rotatable bonds is 10. The minimum atomic E-state index is -0.629. The molecule has 0 bridgehead atoms. The molecule has 2 amide bonds. The van der Waals surface area contributed by atoms with Gasteiger partial charge in [-0.15, -0.1) is 0 Å². The fourth-order valence-electron chi connectivity index (χ4n) is 2.60. The lowest BCUT2D eigenvalue weighted by Gasteiger charge is -2.18. The van der Waals surface area contributed by atoms with Crippen LogP contribution in [0.2, 0.25) is 0 Å². The van der Waals surface area contributed by atoms with Crippen molar-refractivity contribution in [1.82, 2.24) is 9.80 Å². The zero-order valence-electron chi connectivity index (χ0n) is 18.8. The molecule has 0 heterocycles. The molecule has 0 spiro atoms. The quantitative estimate of drug-likeness (QED) is 0.312. The summed E-state index contributed by atoms with van der Waals surface area (Å²) in [7, 11) is 3.98. The van der Waals surface area contributed by atoms with Gasteiger partial charge in [0.25, 0.3) is 0 Å². The maximum atomic E-state index is 14.1. The molecule has 2 aromatic rings. The van der Waals surface area contributed by atoms with Gasteiger partial charge < -0.3 is 19.3 Å². The maximum absolute atomic E-state index is 14.1. The van der Waals surface area contributed by atoms with Gasteiger partial charge in [0, 0.05) is 36.0 Å². The van der Waals surface area contributed by atoms with Gasteiger partial charge >= 0.3 is 12.2 Å². The summed E-state index contributed by atoms with van der Waals surface area (Å²) in [5.74, 6) is -1.55. The molecule has 0 aliphatic rings. The van der Waals surface area contributed by atoms with Crippen LogP contribution in [0, 0.1) is 11.6 Å². The van der Waals surface area contributed by atoms with Crippen LogP contribution in [0.25, 0.3) is 0 Å². The molecule has 0 saturated carbocycles. The van der Waals surface area contributed by atoms with Crippen molar-refractivity contribution in [3.63, 3.8) is 0 Å². The summed E-state index contributed by atoms with van der Waals surface area (Å²) < 4.78 is 38.5. The van der Waals surface area contributed by atoms with Gasteiger partial charge in [0.05, 0.1) is 0 Å². The van der Waals surface area contributed by atoms with Crippen molar-refractivity contribution in [3.05, 3.63) is 48.0 Å². The topological polar surface area (TPSA) is 59.1 Å². The highest BCUT2D eigenvalue weighted by molar-refractivity contribution is 9.09. The molecular formula is C22H26F2N2O4S3. The molecule has 0 N–H and O–H groups in total. The van der Waals surface area contributed by atoms with E-state index in [1.165, 1.54) is 65.5 Å². The molecule has 11 heteroatoms. The third kappa shape index (κ3) is 8.01. The fraction of sp³-hybridized carbons (Fsp3) is 0.364. The van der Waals surface area contributed by atoms with Crippen molar-refractivity contribution in [2.45, 2.75) is 37.5 Å². The molecule has 0 aliphatic heterocycles. The summed E-state index contributed by atoms with van der Waals surface area (Å²) >= 11 is 0. The van der Waals surface area contributed by atoms with E-state index in [0.29, 0.717) is 36.0 Å². The van der Waals surface area contributed by atoms with Crippen LogP contribution in [0.1, 0.15) is 27.7 Å². The molecule has 0 unspecified atom stereocenters. The Hall–Kier alpha value is -2.11. The molecule has 180 valence electrons. The normalized spacial score (nSPS) is 10.6. The zero-order chi connectivity index (χ0) is 24.4. The number of benzene rings is 2. The van der Waals surface area contributed by atoms with E-state index in [1.54, 1.807) is 12.1 Å². The number of carbonyl (C=O) groups is 2. The van der Waals surface area contributed by atoms with Gasteiger partial charge in [-0.2, -0.15) is 0 Å². The SMILES string of the molecule is CCN(CC)C(=O)Oc1cc(SSSc2ccc(F)c(OC(=O)N(CC)CC)c2)ccc1F. The van der Waals surface area contributed by atoms with Gasteiger partial charge in [-0.3, -0.25) is 0 Å². The zero-order valence-corrected chi connectivity index (χ0v) is 21.3. The number of nitrogens with zero attached hydrogens (tertiary/aromatic N) is 2. The Balaban J connectivity index is 2.00. The third-order valence-corrected chi connectivity index (χ3v) is 8.32. The second-order valence-electron chi connectivity index (χ2n) is 6.50. The number of hydrogen-bond donors (Lipinski definition) is 0. The first-order chi connectivity index (χ1) is 15.8. The van der Waals surface area contributed by atoms with Gasteiger partial charge in [-0.25, -0.2) is 18.4 Å². The van der Waals surface area contributed by atoms with Crippen molar-refractivity contribution in [1.29, 1.82) is 0 Å². The average molecular weight is 517 g/mol. The lowest BCUT2D eigenvalue weighted by Crippen LogP contribution is -2.33. The lowest BCUT2D eigenvalue weighted by molar-refractivity contribution is 0.154. The van der Waals surface area contributed by atoms with Crippen molar-refractivity contribution in [2.24, 2.45) is 0 Å². The number of hydrogen-bond acceptors (Lipinski definition) is 7. The molecule has 0 fully saturated rings. The van der Waals surface area contributed by atoms with Crippen molar-refractivity contribution < 1.29 is 27.8 Å². The summed E-state index contributed by atoms with van der Waals surface area (Å²) in [6.45, 7) is 9.09. The van der Waals surface area contributed by atoms with Crippen LogP contribution in [-0.4, -0.2) is 48.2 Å². The highest BCUT2D eigenvalue weighted by Gasteiger charge is 2.17. The Kier molecular flexibility index (Phi) is 11.2. The molecule has 33 heavy (non-hydrogen) atoms. The summed E-state index contributed by atoms with van der Waals surface area (Å²) in [6, 6.07) is 8.53. The Morgan fingerprint density at radius 3 is 1.42 bits per heavy atom. The number of ether oxygens (including phenoxy) is 2. The van der Waals surface area contributed by atoms with Gasteiger partial charge in [-0.05, 0) is 95.5 Å². The van der Waals surface area contributed by atoms with Crippen LogP contribution < -0.4 is 9.47 Å². The number of halogens is 2. The van der Waals surface area contributed by atoms with Crippen molar-refractivity contribution in [3.8, 4) is 11.5 Å². The van der Waals surface area contributed by atoms with Crippen LogP contribution in [0.4, 0.5) is 18.4 Å². The highest BCUT2D eigenvalue weighted by atomic mass is 33.5. The molecule has 0 aliphatic carbocycles. The smallest absolute Gasteiger partial charge is 0.407 e. The predicted octanol–water partition coefficient (Wildman–Crippen LogP) is 7.09. The molecule has 0 aromatic heterocycles. The summed E-state index contributed by atoms with van der Waals surface area (Å²) in [5.41, 5.74) is 0. The molecule has 2 aromatic carbocycles. The molecule has 0 radical (unpaired) electrons. The largest absolute Gasteiger partial charge is 0.415 e. The first-order valence-electron chi connectivity index (χ1n) is 10.4. The molecule has 2 rings (SSSR count). The Morgan fingerprint density at radius 2 is 1.09 bits per heavy atom. The van der Waals surface area contributed by atoms with Crippen molar-refractivity contribution in [2.75, 3.05) is 26.2 Å². The van der Waals surface area contributed by atoms with Crippen LogP contribution in [0.5, 0.6) is 11.5 Å². The van der Waals surface area contributed by atoms with Crippen LogP contribution in [-0.2, 0) is 0 Å². The first kappa shape index (κ1) is 27.1. The van der Waals surface area contributed by atoms with Crippen LogP contribution in [0.3, 0.4) is 0 Å². The van der Waals surface area contributed by atoms with E-state index in [2.05, 4.69) is 0 Å². The number of amides is 2. The van der Waals surface area contributed by atoms with Gasteiger partial charge in [-0.1, -0.05) is 0 Å². The predicted molar refractivity (Wildman–Crippen MR) is 130 cm³/mol. The molecule has 0 atom stereocenters. The second-order valence-corrected chi connectivity index (χ2v) is 10.5. The minimum Gasteiger partial charge on any atom is -0.407 e. The fourth-order valence-corrected chi connectivity index (χ4v) is 6.27. The van der Waals surface area contributed by atoms with E-state index in [-0.39, 0.29) is 11.5 Å². The van der Waals surface area contributed by atoms with E-state index >= 15 is 0 Å². The lowest BCUT2D eigenvalue weighted by atomic mass is 10.3. The van der Waals surface area contributed by atoms with Gasteiger partial charge in [0.2, 0.25) is 0 Å². The number of carbonyl (C=O) groups excluding carboxylic acids is 2. The summed E-state index contributed by atoms with van der Waals surface area (Å²) in [6.07, 6.45) is -1.22. The summed E-state index contributed by atoms with van der Waals surface area (Å²) in [5, 5.41) is 0. The average Bonchev–Trinajstić information content (AvgIpc) is 2.79. The third-order valence-electron chi connectivity index (χ3n) is 4.50. The highest BCUT2D eigenvalue weighted by Crippen LogP contribution is 2.46. The van der Waals surface area contributed by atoms with Gasteiger partial charge in [0.1, 0.15) is 0 Å². The van der Waals surface area contributed by atoms with E-state index in [0.717, 1.165) is 0 Å². The second kappa shape index (κ2) is 13.6. The first-order valence-corrected chi connectivity index (χ1v) is 13.8. The molecular weight excluding hydrogens is 490 g/mol.